The summed E-state index contributed by atoms with van der Waals surface area (Å²) in [6, 6.07) is 20.2. The van der Waals surface area contributed by atoms with Gasteiger partial charge >= 0.3 is 0 Å². The van der Waals surface area contributed by atoms with Gasteiger partial charge in [-0.05, 0) is 66.9 Å². The number of halogens is 1. The lowest BCUT2D eigenvalue weighted by Crippen LogP contribution is -2.44. The number of nitrogens with one attached hydrogen (secondary N) is 1. The van der Waals surface area contributed by atoms with Gasteiger partial charge in [0.2, 0.25) is 5.91 Å². The van der Waals surface area contributed by atoms with Crippen LogP contribution in [0.2, 0.25) is 0 Å². The average molecular weight is 488 g/mol. The highest BCUT2D eigenvalue weighted by Crippen LogP contribution is 2.30. The van der Waals surface area contributed by atoms with E-state index in [0.717, 1.165) is 35.0 Å². The molecule has 4 rings (SSSR count). The molecule has 0 aliphatic rings. The van der Waals surface area contributed by atoms with Crippen molar-refractivity contribution in [1.29, 1.82) is 0 Å². The Hall–Kier alpha value is -3.67. The standard InChI is InChI=1S/C30H34FN3O2/c1-6-7-21-8-10-22(11-9-21)28(20(2)33-29(35)30(3,4)5)36-26-16-17-27-23(18-26)19-32-34(27)25-14-12-24(31)13-15-25/h8-20,28H,6-7H2,1-5H3,(H,33,35). The molecule has 0 aliphatic carbocycles. The predicted octanol–water partition coefficient (Wildman–Crippen LogP) is 6.79. The number of aryl methyl sites for hydroxylation is 1. The summed E-state index contributed by atoms with van der Waals surface area (Å²) in [5.74, 6) is 0.371. The van der Waals surface area contributed by atoms with E-state index in [2.05, 4.69) is 41.6 Å². The van der Waals surface area contributed by atoms with Gasteiger partial charge in [-0.25, -0.2) is 9.07 Å². The number of hydrogen-bond acceptors (Lipinski definition) is 3. The molecule has 188 valence electrons. The molecular weight excluding hydrogens is 453 g/mol. The molecule has 3 aromatic carbocycles. The summed E-state index contributed by atoms with van der Waals surface area (Å²) >= 11 is 0. The summed E-state index contributed by atoms with van der Waals surface area (Å²) in [7, 11) is 0. The van der Waals surface area contributed by atoms with E-state index in [1.807, 2.05) is 45.9 Å². The van der Waals surface area contributed by atoms with E-state index in [1.54, 1.807) is 23.0 Å². The largest absolute Gasteiger partial charge is 0.484 e. The quantitative estimate of drug-likeness (QED) is 0.298. The van der Waals surface area contributed by atoms with Crippen LogP contribution in [0.25, 0.3) is 16.6 Å². The topological polar surface area (TPSA) is 56.1 Å². The summed E-state index contributed by atoms with van der Waals surface area (Å²) in [4.78, 5) is 12.7. The van der Waals surface area contributed by atoms with Gasteiger partial charge in [0, 0.05) is 10.8 Å². The van der Waals surface area contributed by atoms with Crippen LogP contribution in [0, 0.1) is 11.2 Å². The molecular formula is C30H34FN3O2. The zero-order valence-electron chi connectivity index (χ0n) is 21.6. The fourth-order valence-electron chi connectivity index (χ4n) is 4.14. The van der Waals surface area contributed by atoms with Gasteiger partial charge in [0.15, 0.2) is 0 Å². The molecule has 1 heterocycles. The van der Waals surface area contributed by atoms with Crippen molar-refractivity contribution < 1.29 is 13.9 Å². The second-order valence-corrected chi connectivity index (χ2v) is 10.3. The van der Waals surface area contributed by atoms with E-state index < -0.39 is 5.41 Å². The fraction of sp³-hybridized carbons (Fsp3) is 0.333. The monoisotopic (exact) mass is 487 g/mol. The molecule has 4 aromatic rings. The summed E-state index contributed by atoms with van der Waals surface area (Å²) < 4.78 is 21.6. The normalized spacial score (nSPS) is 13.4. The molecule has 1 amide bonds. The number of aromatic nitrogens is 2. The second kappa shape index (κ2) is 10.5. The Kier molecular flexibility index (Phi) is 7.43. The first kappa shape index (κ1) is 25.4. The molecule has 0 radical (unpaired) electrons. The maximum atomic E-state index is 13.4. The van der Waals surface area contributed by atoms with Crippen LogP contribution in [0.15, 0.2) is 72.9 Å². The molecule has 2 atom stereocenters. The van der Waals surface area contributed by atoms with E-state index in [4.69, 9.17) is 4.74 Å². The van der Waals surface area contributed by atoms with Crippen molar-refractivity contribution in [2.45, 2.75) is 59.6 Å². The van der Waals surface area contributed by atoms with E-state index in [1.165, 1.54) is 17.7 Å². The third-order valence-electron chi connectivity index (χ3n) is 6.21. The van der Waals surface area contributed by atoms with Crippen LogP contribution in [0.4, 0.5) is 4.39 Å². The third kappa shape index (κ3) is 5.76. The minimum Gasteiger partial charge on any atom is -0.484 e. The second-order valence-electron chi connectivity index (χ2n) is 10.3. The lowest BCUT2D eigenvalue weighted by Gasteiger charge is -2.29. The minimum atomic E-state index is -0.502. The molecule has 0 fully saturated rings. The van der Waals surface area contributed by atoms with E-state index in [-0.39, 0.29) is 23.9 Å². The molecule has 0 saturated carbocycles. The third-order valence-corrected chi connectivity index (χ3v) is 6.21. The van der Waals surface area contributed by atoms with Crippen molar-refractivity contribution in [1.82, 2.24) is 15.1 Å². The first-order valence-electron chi connectivity index (χ1n) is 12.5. The van der Waals surface area contributed by atoms with Crippen LogP contribution in [-0.4, -0.2) is 21.7 Å². The number of ether oxygens (including phenoxy) is 1. The molecule has 2 unspecified atom stereocenters. The average Bonchev–Trinajstić information content (AvgIpc) is 3.26. The number of amides is 1. The van der Waals surface area contributed by atoms with Gasteiger partial charge in [-0.1, -0.05) is 58.4 Å². The molecule has 0 aliphatic heterocycles. The van der Waals surface area contributed by atoms with Crippen molar-refractivity contribution in [3.63, 3.8) is 0 Å². The van der Waals surface area contributed by atoms with Crippen molar-refractivity contribution in [3.05, 3.63) is 89.9 Å². The summed E-state index contributed by atoms with van der Waals surface area (Å²) in [6.45, 7) is 9.84. The highest BCUT2D eigenvalue weighted by atomic mass is 19.1. The highest BCUT2D eigenvalue weighted by Gasteiger charge is 2.28. The number of rotatable bonds is 8. The Morgan fingerprint density at radius 1 is 1.06 bits per heavy atom. The molecule has 36 heavy (non-hydrogen) atoms. The molecule has 1 N–H and O–H groups in total. The predicted molar refractivity (Wildman–Crippen MR) is 142 cm³/mol. The first-order chi connectivity index (χ1) is 17.2. The van der Waals surface area contributed by atoms with Crippen molar-refractivity contribution in [3.8, 4) is 11.4 Å². The van der Waals surface area contributed by atoms with E-state index >= 15 is 0 Å². The Morgan fingerprint density at radius 2 is 1.75 bits per heavy atom. The van der Waals surface area contributed by atoms with Gasteiger partial charge in [0.25, 0.3) is 0 Å². The minimum absolute atomic E-state index is 0.0257. The smallest absolute Gasteiger partial charge is 0.225 e. The number of benzene rings is 3. The van der Waals surface area contributed by atoms with Gasteiger partial charge in [0.05, 0.1) is 23.4 Å². The summed E-state index contributed by atoms with van der Waals surface area (Å²) in [6.07, 6.45) is 3.50. The molecule has 0 spiro atoms. The molecule has 6 heteroatoms. The Balaban J connectivity index is 1.63. The number of fused-ring (bicyclic) bond motifs is 1. The van der Waals surface area contributed by atoms with E-state index in [9.17, 15) is 9.18 Å². The van der Waals surface area contributed by atoms with Crippen molar-refractivity contribution in [2.24, 2.45) is 5.41 Å². The molecule has 0 saturated heterocycles. The zero-order valence-corrected chi connectivity index (χ0v) is 21.6. The van der Waals surface area contributed by atoms with Gasteiger partial charge < -0.3 is 10.1 Å². The van der Waals surface area contributed by atoms with Crippen molar-refractivity contribution in [2.75, 3.05) is 0 Å². The SMILES string of the molecule is CCCc1ccc(C(Oc2ccc3c(cnn3-c3ccc(F)cc3)c2)C(C)NC(=O)C(C)(C)C)cc1. The van der Waals surface area contributed by atoms with Crippen LogP contribution >= 0.6 is 0 Å². The van der Waals surface area contributed by atoms with Crippen LogP contribution < -0.4 is 10.1 Å². The Morgan fingerprint density at radius 3 is 2.39 bits per heavy atom. The maximum absolute atomic E-state index is 13.4. The molecule has 1 aromatic heterocycles. The zero-order chi connectivity index (χ0) is 25.9. The van der Waals surface area contributed by atoms with Crippen LogP contribution in [0.1, 0.15) is 58.3 Å². The van der Waals surface area contributed by atoms with Crippen molar-refractivity contribution >= 4 is 16.8 Å². The lowest BCUT2D eigenvalue weighted by atomic mass is 9.94. The highest BCUT2D eigenvalue weighted by molar-refractivity contribution is 5.82. The van der Waals surface area contributed by atoms with Crippen LogP contribution in [-0.2, 0) is 11.2 Å². The number of carbonyl (C=O) groups excluding carboxylic acids is 1. The fourth-order valence-corrected chi connectivity index (χ4v) is 4.14. The number of nitrogens with zero attached hydrogens (tertiary/aromatic N) is 2. The van der Waals surface area contributed by atoms with Gasteiger partial charge in [-0.15, -0.1) is 0 Å². The van der Waals surface area contributed by atoms with Gasteiger partial charge in [0.1, 0.15) is 17.7 Å². The Bertz CT molecular complexity index is 1320. The maximum Gasteiger partial charge on any atom is 0.225 e. The van der Waals surface area contributed by atoms with Crippen LogP contribution in [0.3, 0.4) is 0 Å². The Labute approximate surface area is 212 Å². The number of hydrogen-bond donors (Lipinski definition) is 1. The lowest BCUT2D eigenvalue weighted by molar-refractivity contribution is -0.129. The number of carbonyl (C=O) groups is 1. The molecule has 5 nitrogen and oxygen atoms in total. The van der Waals surface area contributed by atoms with Crippen LogP contribution in [0.5, 0.6) is 5.75 Å². The summed E-state index contributed by atoms with van der Waals surface area (Å²) in [5.41, 5.74) is 3.45. The van der Waals surface area contributed by atoms with E-state index in [0.29, 0.717) is 5.75 Å². The first-order valence-corrected chi connectivity index (χ1v) is 12.5. The summed E-state index contributed by atoms with van der Waals surface area (Å²) in [5, 5.41) is 8.52. The van der Waals surface area contributed by atoms with Gasteiger partial charge in [-0.2, -0.15) is 5.10 Å². The molecule has 0 bridgehead atoms. The van der Waals surface area contributed by atoms with Gasteiger partial charge in [-0.3, -0.25) is 4.79 Å².